The number of hydrogen-bond donors (Lipinski definition) is 1. The van der Waals surface area contributed by atoms with E-state index in [1.807, 2.05) is 32.0 Å². The van der Waals surface area contributed by atoms with E-state index >= 15 is 0 Å². The monoisotopic (exact) mass is 274 g/mol. The number of aromatic nitrogens is 1. The van der Waals surface area contributed by atoms with Crippen molar-refractivity contribution >= 4 is 0 Å². The predicted octanol–water partition coefficient (Wildman–Crippen LogP) is 3.22. The van der Waals surface area contributed by atoms with Crippen LogP contribution in [0.1, 0.15) is 23.9 Å². The van der Waals surface area contributed by atoms with Crippen LogP contribution in [0.4, 0.5) is 4.39 Å². The lowest BCUT2D eigenvalue weighted by atomic mass is 10.2. The van der Waals surface area contributed by atoms with Gasteiger partial charge in [-0.3, -0.25) is 4.98 Å². The van der Waals surface area contributed by atoms with Crippen molar-refractivity contribution in [3.05, 3.63) is 59.2 Å². The maximum atomic E-state index is 13.1. The van der Waals surface area contributed by atoms with Gasteiger partial charge in [-0.1, -0.05) is 19.1 Å². The predicted molar refractivity (Wildman–Crippen MR) is 77.1 cm³/mol. The Bertz CT molecular complexity index is 572. The highest BCUT2D eigenvalue weighted by molar-refractivity contribution is 5.29. The first-order valence-corrected chi connectivity index (χ1v) is 6.73. The van der Waals surface area contributed by atoms with Crippen molar-refractivity contribution in [2.75, 3.05) is 6.54 Å². The summed E-state index contributed by atoms with van der Waals surface area (Å²) in [6.45, 7) is 5.87. The van der Waals surface area contributed by atoms with Crippen LogP contribution in [0.5, 0.6) is 5.75 Å². The Kier molecular flexibility index (Phi) is 5.07. The van der Waals surface area contributed by atoms with Crippen LogP contribution >= 0.6 is 0 Å². The van der Waals surface area contributed by atoms with Gasteiger partial charge in [-0.05, 0) is 43.3 Å². The summed E-state index contributed by atoms with van der Waals surface area (Å²) in [6.07, 6.45) is 0. The van der Waals surface area contributed by atoms with E-state index in [0.29, 0.717) is 13.2 Å². The third kappa shape index (κ3) is 4.03. The lowest BCUT2D eigenvalue weighted by Gasteiger charge is -2.12. The van der Waals surface area contributed by atoms with Crippen molar-refractivity contribution < 1.29 is 9.13 Å². The van der Waals surface area contributed by atoms with E-state index in [4.69, 9.17) is 4.74 Å². The summed E-state index contributed by atoms with van der Waals surface area (Å²) in [7, 11) is 0. The van der Waals surface area contributed by atoms with Gasteiger partial charge in [0.25, 0.3) is 0 Å². The quantitative estimate of drug-likeness (QED) is 0.878. The van der Waals surface area contributed by atoms with Crippen molar-refractivity contribution in [3.63, 3.8) is 0 Å². The minimum absolute atomic E-state index is 0.249. The molecule has 4 heteroatoms. The summed E-state index contributed by atoms with van der Waals surface area (Å²) in [5.74, 6) is 0.488. The standard InChI is InChI=1S/C16H19FN2O/c1-3-18-10-15-16(8-7-12(2)19-15)20-11-13-5-4-6-14(17)9-13/h4-9,18H,3,10-11H2,1-2H3. The maximum Gasteiger partial charge on any atom is 0.142 e. The van der Waals surface area contributed by atoms with Crippen LogP contribution in [0.25, 0.3) is 0 Å². The van der Waals surface area contributed by atoms with Crippen LogP contribution in [0.3, 0.4) is 0 Å². The number of rotatable bonds is 6. The third-order valence-corrected chi connectivity index (χ3v) is 2.90. The minimum atomic E-state index is -0.249. The number of pyridine rings is 1. The molecule has 0 spiro atoms. The lowest BCUT2D eigenvalue weighted by Crippen LogP contribution is -2.14. The first kappa shape index (κ1) is 14.5. The summed E-state index contributed by atoms with van der Waals surface area (Å²) in [5, 5.41) is 3.24. The van der Waals surface area contributed by atoms with Crippen LogP contribution in [-0.4, -0.2) is 11.5 Å². The summed E-state index contributed by atoms with van der Waals surface area (Å²) < 4.78 is 18.9. The van der Waals surface area contributed by atoms with Gasteiger partial charge in [-0.25, -0.2) is 4.39 Å². The van der Waals surface area contributed by atoms with Gasteiger partial charge in [0.15, 0.2) is 0 Å². The average Bonchev–Trinajstić information content (AvgIpc) is 2.44. The molecule has 0 aliphatic heterocycles. The van der Waals surface area contributed by atoms with Crippen LogP contribution in [0, 0.1) is 12.7 Å². The molecule has 0 radical (unpaired) electrons. The highest BCUT2D eigenvalue weighted by Gasteiger charge is 2.06. The van der Waals surface area contributed by atoms with Gasteiger partial charge in [0.2, 0.25) is 0 Å². The van der Waals surface area contributed by atoms with E-state index in [9.17, 15) is 4.39 Å². The molecule has 0 saturated carbocycles. The van der Waals surface area contributed by atoms with E-state index in [0.717, 1.165) is 29.2 Å². The molecule has 2 rings (SSSR count). The molecule has 0 amide bonds. The normalized spacial score (nSPS) is 10.6. The zero-order chi connectivity index (χ0) is 14.4. The molecule has 1 heterocycles. The highest BCUT2D eigenvalue weighted by atomic mass is 19.1. The minimum Gasteiger partial charge on any atom is -0.487 e. The van der Waals surface area contributed by atoms with Crippen molar-refractivity contribution in [2.24, 2.45) is 0 Å². The summed E-state index contributed by atoms with van der Waals surface area (Å²) in [4.78, 5) is 4.48. The zero-order valence-corrected chi connectivity index (χ0v) is 11.8. The second-order valence-electron chi connectivity index (χ2n) is 4.60. The molecule has 3 nitrogen and oxygen atoms in total. The lowest BCUT2D eigenvalue weighted by molar-refractivity contribution is 0.299. The Hall–Kier alpha value is -1.94. The fourth-order valence-corrected chi connectivity index (χ4v) is 1.89. The molecule has 2 aromatic rings. The Labute approximate surface area is 118 Å². The van der Waals surface area contributed by atoms with Crippen molar-refractivity contribution in [3.8, 4) is 5.75 Å². The van der Waals surface area contributed by atoms with E-state index in [1.54, 1.807) is 6.07 Å². The van der Waals surface area contributed by atoms with Gasteiger partial charge in [-0.2, -0.15) is 0 Å². The van der Waals surface area contributed by atoms with Crippen LogP contribution in [-0.2, 0) is 13.2 Å². The molecule has 1 aromatic heterocycles. The molecular formula is C16H19FN2O. The second-order valence-corrected chi connectivity index (χ2v) is 4.60. The molecule has 0 aliphatic rings. The molecular weight excluding hydrogens is 255 g/mol. The Morgan fingerprint density at radius 1 is 1.25 bits per heavy atom. The summed E-state index contributed by atoms with van der Waals surface area (Å²) in [6, 6.07) is 10.2. The fourth-order valence-electron chi connectivity index (χ4n) is 1.89. The van der Waals surface area contributed by atoms with Crippen LogP contribution in [0.2, 0.25) is 0 Å². The van der Waals surface area contributed by atoms with Gasteiger partial charge >= 0.3 is 0 Å². The maximum absolute atomic E-state index is 13.1. The number of benzene rings is 1. The summed E-state index contributed by atoms with van der Waals surface area (Å²) >= 11 is 0. The molecule has 106 valence electrons. The fraction of sp³-hybridized carbons (Fsp3) is 0.312. The second kappa shape index (κ2) is 7.01. The van der Waals surface area contributed by atoms with E-state index in [-0.39, 0.29) is 5.82 Å². The molecule has 0 fully saturated rings. The number of aryl methyl sites for hydroxylation is 1. The first-order valence-electron chi connectivity index (χ1n) is 6.73. The van der Waals surface area contributed by atoms with Gasteiger partial charge in [0, 0.05) is 12.2 Å². The number of nitrogens with zero attached hydrogens (tertiary/aromatic N) is 1. The van der Waals surface area contributed by atoms with E-state index in [2.05, 4.69) is 10.3 Å². The molecule has 0 saturated heterocycles. The molecule has 20 heavy (non-hydrogen) atoms. The van der Waals surface area contributed by atoms with Crippen LogP contribution < -0.4 is 10.1 Å². The van der Waals surface area contributed by atoms with Crippen molar-refractivity contribution in [1.29, 1.82) is 0 Å². The Morgan fingerprint density at radius 3 is 2.85 bits per heavy atom. The average molecular weight is 274 g/mol. The topological polar surface area (TPSA) is 34.2 Å². The number of nitrogens with one attached hydrogen (secondary N) is 1. The molecule has 0 atom stereocenters. The van der Waals surface area contributed by atoms with Gasteiger partial charge in [-0.15, -0.1) is 0 Å². The van der Waals surface area contributed by atoms with Crippen molar-refractivity contribution in [2.45, 2.75) is 27.0 Å². The largest absolute Gasteiger partial charge is 0.487 e. The van der Waals surface area contributed by atoms with Crippen molar-refractivity contribution in [1.82, 2.24) is 10.3 Å². The van der Waals surface area contributed by atoms with E-state index in [1.165, 1.54) is 12.1 Å². The molecule has 1 N–H and O–H groups in total. The highest BCUT2D eigenvalue weighted by Crippen LogP contribution is 2.18. The first-order chi connectivity index (χ1) is 9.69. The smallest absolute Gasteiger partial charge is 0.142 e. The van der Waals surface area contributed by atoms with Gasteiger partial charge in [0.05, 0.1) is 5.69 Å². The molecule has 1 aromatic carbocycles. The Balaban J connectivity index is 2.08. The molecule has 0 aliphatic carbocycles. The summed E-state index contributed by atoms with van der Waals surface area (Å²) in [5.41, 5.74) is 2.64. The number of hydrogen-bond acceptors (Lipinski definition) is 3. The zero-order valence-electron chi connectivity index (χ0n) is 11.8. The SMILES string of the molecule is CCNCc1nc(C)ccc1OCc1cccc(F)c1. The molecule has 0 bridgehead atoms. The van der Waals surface area contributed by atoms with Gasteiger partial charge < -0.3 is 10.1 Å². The number of ether oxygens (including phenoxy) is 1. The third-order valence-electron chi connectivity index (χ3n) is 2.90. The molecule has 0 unspecified atom stereocenters. The van der Waals surface area contributed by atoms with Gasteiger partial charge in [0.1, 0.15) is 18.2 Å². The van der Waals surface area contributed by atoms with E-state index < -0.39 is 0 Å². The van der Waals surface area contributed by atoms with Crippen LogP contribution in [0.15, 0.2) is 36.4 Å². The number of halogens is 1. The Morgan fingerprint density at radius 2 is 2.10 bits per heavy atom.